The first-order chi connectivity index (χ1) is 10.2. The van der Waals surface area contributed by atoms with Gasteiger partial charge in [0, 0.05) is 10.0 Å². The van der Waals surface area contributed by atoms with Gasteiger partial charge in [0.2, 0.25) is 10.0 Å². The number of nitrogens with one attached hydrogen (secondary N) is 1. The molecule has 2 aromatic rings. The van der Waals surface area contributed by atoms with Crippen molar-refractivity contribution >= 4 is 38.9 Å². The van der Waals surface area contributed by atoms with Crippen LogP contribution in [0.15, 0.2) is 18.2 Å². The van der Waals surface area contributed by atoms with E-state index < -0.39 is 10.0 Å². The van der Waals surface area contributed by atoms with E-state index in [1.165, 1.54) is 0 Å². The van der Waals surface area contributed by atoms with Crippen LogP contribution < -0.4 is 4.72 Å². The van der Waals surface area contributed by atoms with Crippen LogP contribution in [-0.4, -0.2) is 24.0 Å². The Labute approximate surface area is 140 Å². The van der Waals surface area contributed by atoms with E-state index in [2.05, 4.69) is 9.82 Å². The number of nitrogens with zero attached hydrogens (tertiary/aromatic N) is 2. The van der Waals surface area contributed by atoms with Crippen LogP contribution in [-0.2, 0) is 16.6 Å². The Morgan fingerprint density at radius 1 is 1.27 bits per heavy atom. The van der Waals surface area contributed by atoms with Gasteiger partial charge in [-0.25, -0.2) is 8.42 Å². The van der Waals surface area contributed by atoms with Gasteiger partial charge in [0.1, 0.15) is 0 Å². The van der Waals surface area contributed by atoms with Gasteiger partial charge in [0.05, 0.1) is 29.4 Å². The zero-order valence-electron chi connectivity index (χ0n) is 12.5. The molecular weight excluding hydrogens is 345 g/mol. The number of halogens is 2. The highest BCUT2D eigenvalue weighted by atomic mass is 35.5. The lowest BCUT2D eigenvalue weighted by molar-refractivity contribution is 0.602. The number of rotatable bonds is 5. The molecule has 120 valence electrons. The third kappa shape index (κ3) is 3.74. The topological polar surface area (TPSA) is 64.0 Å². The molecule has 0 fully saturated rings. The molecule has 2 rings (SSSR count). The Kier molecular flexibility index (Phi) is 5.04. The highest BCUT2D eigenvalue weighted by Crippen LogP contribution is 2.25. The fourth-order valence-electron chi connectivity index (χ4n) is 2.04. The standard InChI is InChI=1S/C14H17Cl2N3O2S/c1-4-22(20,21)18-14-9(2)17-19(10(14)3)8-11-5-6-12(15)7-13(11)16/h5-7,18H,4,8H2,1-3H3. The molecule has 0 amide bonds. The number of sulfonamides is 1. The quantitative estimate of drug-likeness (QED) is 0.884. The minimum Gasteiger partial charge on any atom is -0.280 e. The summed E-state index contributed by atoms with van der Waals surface area (Å²) in [5, 5.41) is 5.51. The van der Waals surface area contributed by atoms with Gasteiger partial charge >= 0.3 is 0 Å². The van der Waals surface area contributed by atoms with Crippen LogP contribution in [0, 0.1) is 13.8 Å². The monoisotopic (exact) mass is 361 g/mol. The summed E-state index contributed by atoms with van der Waals surface area (Å²) in [7, 11) is -3.34. The first-order valence-corrected chi connectivity index (χ1v) is 9.12. The summed E-state index contributed by atoms with van der Waals surface area (Å²) in [6.07, 6.45) is 0. The summed E-state index contributed by atoms with van der Waals surface area (Å²) in [4.78, 5) is 0. The Balaban J connectivity index is 2.34. The molecule has 0 unspecified atom stereocenters. The predicted molar refractivity (Wildman–Crippen MR) is 90.3 cm³/mol. The summed E-state index contributed by atoms with van der Waals surface area (Å²) in [5.41, 5.74) is 2.74. The van der Waals surface area contributed by atoms with Crippen LogP contribution in [0.1, 0.15) is 23.9 Å². The Morgan fingerprint density at radius 2 is 1.95 bits per heavy atom. The maximum atomic E-state index is 11.7. The predicted octanol–water partition coefficient (Wildman–Crippen LogP) is 3.62. The van der Waals surface area contributed by atoms with E-state index in [0.717, 1.165) is 11.3 Å². The van der Waals surface area contributed by atoms with Crippen LogP contribution in [0.2, 0.25) is 10.0 Å². The van der Waals surface area contributed by atoms with Crippen LogP contribution >= 0.6 is 23.2 Å². The fraction of sp³-hybridized carbons (Fsp3) is 0.357. The van der Waals surface area contributed by atoms with Crippen molar-refractivity contribution in [3.05, 3.63) is 45.2 Å². The van der Waals surface area contributed by atoms with Crippen LogP contribution in [0.4, 0.5) is 5.69 Å². The van der Waals surface area contributed by atoms with E-state index in [1.807, 2.05) is 13.0 Å². The SMILES string of the molecule is CCS(=O)(=O)Nc1c(C)nn(Cc2ccc(Cl)cc2Cl)c1C. The van der Waals surface area contributed by atoms with Crippen molar-refractivity contribution < 1.29 is 8.42 Å². The van der Waals surface area contributed by atoms with Crippen LogP contribution in [0.3, 0.4) is 0 Å². The third-order valence-corrected chi connectivity index (χ3v) is 5.22. The van der Waals surface area contributed by atoms with E-state index in [9.17, 15) is 8.42 Å². The zero-order chi connectivity index (χ0) is 16.5. The highest BCUT2D eigenvalue weighted by Gasteiger charge is 2.17. The molecule has 0 saturated heterocycles. The van der Waals surface area contributed by atoms with Crippen molar-refractivity contribution in [3.8, 4) is 0 Å². The third-order valence-electron chi connectivity index (χ3n) is 3.35. The summed E-state index contributed by atoms with van der Waals surface area (Å²) in [5.74, 6) is 0.0140. The molecule has 1 aromatic heterocycles. The van der Waals surface area contributed by atoms with Gasteiger partial charge < -0.3 is 0 Å². The van der Waals surface area contributed by atoms with E-state index >= 15 is 0 Å². The number of aryl methyl sites for hydroxylation is 1. The van der Waals surface area contributed by atoms with Crippen molar-refractivity contribution in [3.63, 3.8) is 0 Å². The molecule has 0 atom stereocenters. The summed E-state index contributed by atoms with van der Waals surface area (Å²) in [6, 6.07) is 5.26. The average molecular weight is 362 g/mol. The second-order valence-corrected chi connectivity index (χ2v) is 7.80. The maximum absolute atomic E-state index is 11.7. The molecule has 1 heterocycles. The van der Waals surface area contributed by atoms with Gasteiger partial charge in [-0.1, -0.05) is 29.3 Å². The smallest absolute Gasteiger partial charge is 0.232 e. The molecule has 0 aliphatic rings. The lowest BCUT2D eigenvalue weighted by atomic mass is 10.2. The van der Waals surface area contributed by atoms with Crippen molar-refractivity contribution in [1.82, 2.24) is 9.78 Å². The minimum atomic E-state index is -3.34. The van der Waals surface area contributed by atoms with Crippen molar-refractivity contribution in [2.24, 2.45) is 0 Å². The average Bonchev–Trinajstić information content (AvgIpc) is 2.69. The molecule has 0 aliphatic heterocycles. The summed E-state index contributed by atoms with van der Waals surface area (Å²) >= 11 is 12.1. The van der Waals surface area contributed by atoms with Gasteiger partial charge in [-0.05, 0) is 38.5 Å². The highest BCUT2D eigenvalue weighted by molar-refractivity contribution is 7.92. The molecule has 5 nitrogen and oxygen atoms in total. The van der Waals surface area contributed by atoms with Gasteiger partial charge in [0.15, 0.2) is 0 Å². The number of benzene rings is 1. The van der Waals surface area contributed by atoms with E-state index in [-0.39, 0.29) is 5.75 Å². The van der Waals surface area contributed by atoms with Gasteiger partial charge in [0.25, 0.3) is 0 Å². The molecular formula is C14H17Cl2N3O2S. The molecule has 0 spiro atoms. The number of aromatic nitrogens is 2. The Bertz CT molecular complexity index is 801. The molecule has 8 heteroatoms. The normalized spacial score (nSPS) is 11.7. The van der Waals surface area contributed by atoms with Gasteiger partial charge in [-0.15, -0.1) is 0 Å². The van der Waals surface area contributed by atoms with Gasteiger partial charge in [-0.3, -0.25) is 9.40 Å². The van der Waals surface area contributed by atoms with Crippen LogP contribution in [0.5, 0.6) is 0 Å². The van der Waals surface area contributed by atoms with Crippen molar-refractivity contribution in [2.75, 3.05) is 10.5 Å². The summed E-state index contributed by atoms with van der Waals surface area (Å²) < 4.78 is 27.8. The van der Waals surface area contributed by atoms with Crippen molar-refractivity contribution in [2.45, 2.75) is 27.3 Å². The lowest BCUT2D eigenvalue weighted by Crippen LogP contribution is -2.15. The second kappa shape index (κ2) is 6.48. The molecule has 1 aromatic carbocycles. The molecule has 0 bridgehead atoms. The molecule has 0 saturated carbocycles. The van der Waals surface area contributed by atoms with E-state index in [1.54, 1.807) is 30.7 Å². The van der Waals surface area contributed by atoms with E-state index in [4.69, 9.17) is 23.2 Å². The Morgan fingerprint density at radius 3 is 2.55 bits per heavy atom. The molecule has 1 N–H and O–H groups in total. The largest absolute Gasteiger partial charge is 0.280 e. The number of anilines is 1. The van der Waals surface area contributed by atoms with Gasteiger partial charge in [-0.2, -0.15) is 5.10 Å². The first kappa shape index (κ1) is 17.1. The Hall–Kier alpha value is -1.24. The van der Waals surface area contributed by atoms with Crippen molar-refractivity contribution in [1.29, 1.82) is 0 Å². The molecule has 0 aliphatic carbocycles. The van der Waals surface area contributed by atoms with Crippen LogP contribution in [0.25, 0.3) is 0 Å². The minimum absolute atomic E-state index is 0.0140. The van der Waals surface area contributed by atoms with E-state index in [0.29, 0.717) is 28.0 Å². The molecule has 22 heavy (non-hydrogen) atoms. The zero-order valence-corrected chi connectivity index (χ0v) is 14.8. The second-order valence-electron chi connectivity index (χ2n) is 4.94. The first-order valence-electron chi connectivity index (χ1n) is 6.72. The maximum Gasteiger partial charge on any atom is 0.232 e. The molecule has 0 radical (unpaired) electrons. The fourth-order valence-corrected chi connectivity index (χ4v) is 3.26. The lowest BCUT2D eigenvalue weighted by Gasteiger charge is -2.09. The number of hydrogen-bond acceptors (Lipinski definition) is 3. The number of hydrogen-bond donors (Lipinski definition) is 1. The summed E-state index contributed by atoms with van der Waals surface area (Å²) in [6.45, 7) is 5.61.